The Morgan fingerprint density at radius 1 is 1.56 bits per heavy atom. The van der Waals surface area contributed by atoms with Crippen molar-refractivity contribution in [3.63, 3.8) is 0 Å². The zero-order chi connectivity index (χ0) is 11.5. The highest BCUT2D eigenvalue weighted by Gasteiger charge is 2.19. The van der Waals surface area contributed by atoms with Crippen LogP contribution >= 0.6 is 15.9 Å². The monoisotopic (exact) mass is 284 g/mol. The van der Waals surface area contributed by atoms with Crippen LogP contribution in [0.15, 0.2) is 22.7 Å². The van der Waals surface area contributed by atoms with Gasteiger partial charge in [0.05, 0.1) is 17.6 Å². The van der Waals surface area contributed by atoms with Gasteiger partial charge in [0.25, 0.3) is 0 Å². The fourth-order valence-electron chi connectivity index (χ4n) is 1.72. The van der Waals surface area contributed by atoms with Crippen LogP contribution in [0.5, 0.6) is 5.75 Å². The summed E-state index contributed by atoms with van der Waals surface area (Å²) < 4.78 is 6.55. The van der Waals surface area contributed by atoms with Gasteiger partial charge in [-0.3, -0.25) is 4.79 Å². The van der Waals surface area contributed by atoms with Gasteiger partial charge in [0.1, 0.15) is 12.4 Å². The van der Waals surface area contributed by atoms with Gasteiger partial charge in [-0.1, -0.05) is 12.1 Å². The van der Waals surface area contributed by atoms with Gasteiger partial charge in [-0.15, -0.1) is 0 Å². The van der Waals surface area contributed by atoms with Crippen LogP contribution in [0.2, 0.25) is 0 Å². The predicted octanol–water partition coefficient (Wildman–Crippen LogP) is 1.13. The van der Waals surface area contributed by atoms with Crippen LogP contribution in [0.25, 0.3) is 0 Å². The first kappa shape index (κ1) is 11.4. The lowest BCUT2D eigenvalue weighted by Gasteiger charge is -2.18. The average Bonchev–Trinajstić information content (AvgIpc) is 2.51. The topological polar surface area (TPSA) is 55.6 Å². The van der Waals surface area contributed by atoms with E-state index in [1.54, 1.807) is 4.90 Å². The number of benzene rings is 1. The zero-order valence-electron chi connectivity index (χ0n) is 8.78. The standard InChI is InChI=1S/C11H13BrN2O2/c12-9-3-1-2-8-7-14(10(15)6-13)4-5-16-11(8)9/h1-3H,4-7,13H2. The number of nitrogens with two attached hydrogens (primary N) is 1. The molecule has 0 unspecified atom stereocenters. The summed E-state index contributed by atoms with van der Waals surface area (Å²) in [5.74, 6) is 0.784. The molecule has 0 saturated heterocycles. The largest absolute Gasteiger partial charge is 0.490 e. The number of amides is 1. The second kappa shape index (κ2) is 4.84. The Hall–Kier alpha value is -1.07. The van der Waals surface area contributed by atoms with Crippen LogP contribution in [0.3, 0.4) is 0 Å². The molecule has 1 aliphatic heterocycles. The quantitative estimate of drug-likeness (QED) is 0.841. The molecule has 2 rings (SSSR count). The molecule has 1 aromatic carbocycles. The average molecular weight is 285 g/mol. The minimum Gasteiger partial charge on any atom is -0.490 e. The number of hydrogen-bond acceptors (Lipinski definition) is 3. The minimum absolute atomic E-state index is 0.0450. The van der Waals surface area contributed by atoms with Gasteiger partial charge in [0.2, 0.25) is 5.91 Å². The summed E-state index contributed by atoms with van der Waals surface area (Å²) in [5.41, 5.74) is 6.37. The van der Waals surface area contributed by atoms with Crippen molar-refractivity contribution in [2.75, 3.05) is 19.7 Å². The van der Waals surface area contributed by atoms with Crippen molar-refractivity contribution in [2.24, 2.45) is 5.73 Å². The van der Waals surface area contributed by atoms with Crippen LogP contribution in [0.1, 0.15) is 5.56 Å². The molecule has 0 radical (unpaired) electrons. The maximum absolute atomic E-state index is 11.5. The van der Waals surface area contributed by atoms with E-state index in [4.69, 9.17) is 10.5 Å². The fraction of sp³-hybridized carbons (Fsp3) is 0.364. The molecule has 2 N–H and O–H groups in total. The van der Waals surface area contributed by atoms with E-state index in [1.807, 2.05) is 18.2 Å². The summed E-state index contributed by atoms with van der Waals surface area (Å²) in [6, 6.07) is 5.82. The van der Waals surface area contributed by atoms with E-state index in [0.29, 0.717) is 19.7 Å². The number of nitrogens with zero attached hydrogens (tertiary/aromatic N) is 1. The SMILES string of the molecule is NCC(=O)N1CCOc2c(Br)cccc2C1. The molecule has 1 aromatic rings. The molecule has 1 amide bonds. The van der Waals surface area contributed by atoms with E-state index in [-0.39, 0.29) is 12.5 Å². The molecule has 4 nitrogen and oxygen atoms in total. The first-order valence-electron chi connectivity index (χ1n) is 5.10. The number of halogens is 1. The molecular weight excluding hydrogens is 272 g/mol. The summed E-state index contributed by atoms with van der Waals surface area (Å²) in [7, 11) is 0. The van der Waals surface area contributed by atoms with Gasteiger partial charge in [0.15, 0.2) is 0 Å². The molecule has 0 fully saturated rings. The first-order chi connectivity index (χ1) is 7.72. The van der Waals surface area contributed by atoms with Crippen molar-refractivity contribution in [3.05, 3.63) is 28.2 Å². The van der Waals surface area contributed by atoms with E-state index in [9.17, 15) is 4.79 Å². The second-order valence-corrected chi connectivity index (χ2v) is 4.45. The van der Waals surface area contributed by atoms with Crippen LogP contribution in [0.4, 0.5) is 0 Å². The lowest BCUT2D eigenvalue weighted by Crippen LogP contribution is -2.36. The molecule has 0 aromatic heterocycles. The predicted molar refractivity (Wildman–Crippen MR) is 64.1 cm³/mol. The van der Waals surface area contributed by atoms with E-state index >= 15 is 0 Å². The third-order valence-electron chi connectivity index (χ3n) is 2.54. The Balaban J connectivity index is 2.28. The highest BCUT2D eigenvalue weighted by Crippen LogP contribution is 2.31. The third kappa shape index (κ3) is 2.20. The number of para-hydroxylation sites is 1. The van der Waals surface area contributed by atoms with Crippen molar-refractivity contribution >= 4 is 21.8 Å². The van der Waals surface area contributed by atoms with E-state index in [2.05, 4.69) is 15.9 Å². The molecule has 0 saturated carbocycles. The van der Waals surface area contributed by atoms with Crippen LogP contribution in [-0.4, -0.2) is 30.5 Å². The number of hydrogen-bond donors (Lipinski definition) is 1. The summed E-state index contributed by atoms with van der Waals surface area (Å²) >= 11 is 3.44. The van der Waals surface area contributed by atoms with Gasteiger partial charge in [-0.05, 0) is 22.0 Å². The van der Waals surface area contributed by atoms with Crippen molar-refractivity contribution in [2.45, 2.75) is 6.54 Å². The van der Waals surface area contributed by atoms with Crippen molar-refractivity contribution in [1.29, 1.82) is 0 Å². The molecule has 0 bridgehead atoms. The van der Waals surface area contributed by atoms with Gasteiger partial charge in [0, 0.05) is 12.1 Å². The lowest BCUT2D eigenvalue weighted by atomic mass is 10.2. The van der Waals surface area contributed by atoms with Crippen LogP contribution < -0.4 is 10.5 Å². The third-order valence-corrected chi connectivity index (χ3v) is 3.17. The molecule has 16 heavy (non-hydrogen) atoms. The summed E-state index contributed by atoms with van der Waals surface area (Å²) in [5, 5.41) is 0. The first-order valence-corrected chi connectivity index (χ1v) is 5.89. The molecule has 1 aliphatic rings. The van der Waals surface area contributed by atoms with E-state index < -0.39 is 0 Å². The Labute approximate surface area is 102 Å². The summed E-state index contributed by atoms with van der Waals surface area (Å²) in [6.45, 7) is 1.69. The van der Waals surface area contributed by atoms with Crippen LogP contribution in [-0.2, 0) is 11.3 Å². The minimum atomic E-state index is -0.0450. The smallest absolute Gasteiger partial charge is 0.236 e. The number of rotatable bonds is 1. The number of carbonyl (C=O) groups excluding carboxylic acids is 1. The van der Waals surface area contributed by atoms with Gasteiger partial charge >= 0.3 is 0 Å². The highest BCUT2D eigenvalue weighted by atomic mass is 79.9. The molecule has 0 spiro atoms. The van der Waals surface area contributed by atoms with Crippen molar-refractivity contribution in [1.82, 2.24) is 4.90 Å². The van der Waals surface area contributed by atoms with E-state index in [0.717, 1.165) is 15.8 Å². The molecule has 1 heterocycles. The second-order valence-electron chi connectivity index (χ2n) is 3.60. The normalized spacial score (nSPS) is 15.0. The number of ether oxygens (including phenoxy) is 1. The van der Waals surface area contributed by atoms with Crippen molar-refractivity contribution < 1.29 is 9.53 Å². The molecule has 86 valence electrons. The zero-order valence-corrected chi connectivity index (χ0v) is 10.4. The van der Waals surface area contributed by atoms with Gasteiger partial charge in [-0.25, -0.2) is 0 Å². The number of fused-ring (bicyclic) bond motifs is 1. The molecule has 0 aliphatic carbocycles. The fourth-order valence-corrected chi connectivity index (χ4v) is 2.25. The maximum Gasteiger partial charge on any atom is 0.236 e. The number of carbonyl (C=O) groups is 1. The molecule has 0 atom stereocenters. The Bertz CT molecular complexity index is 409. The summed E-state index contributed by atoms with van der Waals surface area (Å²) in [6.07, 6.45) is 0. The maximum atomic E-state index is 11.5. The van der Waals surface area contributed by atoms with Gasteiger partial charge < -0.3 is 15.4 Å². The highest BCUT2D eigenvalue weighted by molar-refractivity contribution is 9.10. The lowest BCUT2D eigenvalue weighted by molar-refractivity contribution is -0.130. The van der Waals surface area contributed by atoms with Gasteiger partial charge in [-0.2, -0.15) is 0 Å². The van der Waals surface area contributed by atoms with Crippen molar-refractivity contribution in [3.8, 4) is 5.75 Å². The molecular formula is C11H13BrN2O2. The Kier molecular flexibility index (Phi) is 3.46. The Morgan fingerprint density at radius 2 is 2.38 bits per heavy atom. The van der Waals surface area contributed by atoms with Crippen LogP contribution in [0, 0.1) is 0 Å². The summed E-state index contributed by atoms with van der Waals surface area (Å²) in [4.78, 5) is 13.3. The molecule has 5 heteroatoms. The van der Waals surface area contributed by atoms with E-state index in [1.165, 1.54) is 0 Å². The Morgan fingerprint density at radius 3 is 3.12 bits per heavy atom.